The molecule has 1 aromatic rings. The van der Waals surface area contributed by atoms with Crippen LogP contribution < -0.4 is 15.8 Å². The highest BCUT2D eigenvalue weighted by Crippen LogP contribution is 2.16. The van der Waals surface area contributed by atoms with Gasteiger partial charge in [-0.15, -0.1) is 0 Å². The minimum absolute atomic E-state index is 0.0548. The van der Waals surface area contributed by atoms with E-state index in [4.69, 9.17) is 5.73 Å². The molecule has 4 N–H and O–H groups in total. The van der Waals surface area contributed by atoms with Crippen molar-refractivity contribution >= 4 is 21.6 Å². The number of anilines is 1. The van der Waals surface area contributed by atoms with Gasteiger partial charge in [0.2, 0.25) is 15.9 Å². The zero-order valence-corrected chi connectivity index (χ0v) is 12.7. The summed E-state index contributed by atoms with van der Waals surface area (Å²) in [5, 5.41) is 2.64. The summed E-state index contributed by atoms with van der Waals surface area (Å²) in [7, 11) is -2.20. The van der Waals surface area contributed by atoms with Crippen LogP contribution in [-0.2, 0) is 14.8 Å². The fourth-order valence-electron chi connectivity index (χ4n) is 1.60. The Morgan fingerprint density at radius 2 is 2.05 bits per heavy atom. The number of nitrogens with two attached hydrogens (primary N) is 1. The van der Waals surface area contributed by atoms with Crippen molar-refractivity contribution in [2.45, 2.75) is 31.2 Å². The Hall–Kier alpha value is -1.44. The molecule has 1 unspecified atom stereocenters. The molecule has 0 aliphatic heterocycles. The quantitative estimate of drug-likeness (QED) is 0.726. The smallest absolute Gasteiger partial charge is 0.241 e. The Labute approximate surface area is 119 Å². The molecule has 7 heteroatoms. The van der Waals surface area contributed by atoms with Crippen LogP contribution in [0.4, 0.5) is 5.69 Å². The largest absolute Gasteiger partial charge is 0.325 e. The van der Waals surface area contributed by atoms with E-state index in [1.54, 1.807) is 12.1 Å². The third kappa shape index (κ3) is 4.03. The van der Waals surface area contributed by atoms with Crippen LogP contribution in [0.25, 0.3) is 0 Å². The van der Waals surface area contributed by atoms with Crippen molar-refractivity contribution in [2.75, 3.05) is 12.4 Å². The van der Waals surface area contributed by atoms with Gasteiger partial charge < -0.3 is 11.1 Å². The van der Waals surface area contributed by atoms with E-state index in [1.165, 1.54) is 19.2 Å². The first-order valence-corrected chi connectivity index (χ1v) is 7.90. The van der Waals surface area contributed by atoms with E-state index in [1.807, 2.05) is 13.8 Å². The predicted molar refractivity (Wildman–Crippen MR) is 78.7 cm³/mol. The number of hydrogen-bond acceptors (Lipinski definition) is 4. The van der Waals surface area contributed by atoms with Crippen LogP contribution in [0.2, 0.25) is 0 Å². The number of nitrogens with one attached hydrogen (secondary N) is 2. The normalized spacial score (nSPS) is 14.6. The topological polar surface area (TPSA) is 101 Å². The maximum atomic E-state index is 11.9. The molecule has 0 aliphatic carbocycles. The standard InChI is InChI=1S/C13H21N3O3S/c1-4-9(2)12(14)13(17)16-10-6-5-7-11(8-10)20(18,19)15-3/h5-9,12,15H,4,14H2,1-3H3,(H,16,17)/t9?,12-/m0/s1. The number of hydrogen-bond donors (Lipinski definition) is 3. The highest BCUT2D eigenvalue weighted by molar-refractivity contribution is 7.89. The van der Waals surface area contributed by atoms with Crippen molar-refractivity contribution in [3.63, 3.8) is 0 Å². The van der Waals surface area contributed by atoms with E-state index >= 15 is 0 Å². The molecule has 0 bridgehead atoms. The average molecular weight is 299 g/mol. The first kappa shape index (κ1) is 16.6. The molecule has 112 valence electrons. The molecule has 0 radical (unpaired) electrons. The van der Waals surface area contributed by atoms with Gasteiger partial charge in [0.1, 0.15) is 0 Å². The minimum Gasteiger partial charge on any atom is -0.325 e. The number of carbonyl (C=O) groups is 1. The molecule has 0 spiro atoms. The molecule has 0 aliphatic rings. The Morgan fingerprint density at radius 3 is 2.60 bits per heavy atom. The van der Waals surface area contributed by atoms with Gasteiger partial charge in [0.05, 0.1) is 10.9 Å². The molecule has 1 aromatic carbocycles. The second-order valence-corrected chi connectivity index (χ2v) is 6.52. The maximum absolute atomic E-state index is 11.9. The van der Waals surface area contributed by atoms with Gasteiger partial charge in [0.25, 0.3) is 0 Å². The minimum atomic E-state index is -3.53. The van der Waals surface area contributed by atoms with E-state index in [0.29, 0.717) is 5.69 Å². The zero-order valence-electron chi connectivity index (χ0n) is 11.9. The third-order valence-corrected chi connectivity index (χ3v) is 4.65. The molecule has 2 atom stereocenters. The van der Waals surface area contributed by atoms with E-state index in [9.17, 15) is 13.2 Å². The van der Waals surface area contributed by atoms with Gasteiger partial charge >= 0.3 is 0 Å². The van der Waals surface area contributed by atoms with Crippen LogP contribution in [0.5, 0.6) is 0 Å². The maximum Gasteiger partial charge on any atom is 0.241 e. The summed E-state index contributed by atoms with van der Waals surface area (Å²) in [5.74, 6) is -0.266. The monoisotopic (exact) mass is 299 g/mol. The van der Waals surface area contributed by atoms with Crippen LogP contribution in [0.3, 0.4) is 0 Å². The second-order valence-electron chi connectivity index (χ2n) is 4.64. The fraction of sp³-hybridized carbons (Fsp3) is 0.462. The molecule has 0 heterocycles. The molecule has 6 nitrogen and oxygen atoms in total. The Kier molecular flexibility index (Phi) is 5.67. The van der Waals surface area contributed by atoms with Crippen molar-refractivity contribution < 1.29 is 13.2 Å². The van der Waals surface area contributed by atoms with Crippen LogP contribution in [0.1, 0.15) is 20.3 Å². The van der Waals surface area contributed by atoms with Crippen LogP contribution in [0.15, 0.2) is 29.2 Å². The number of sulfonamides is 1. The van der Waals surface area contributed by atoms with Gasteiger partial charge in [-0.2, -0.15) is 0 Å². The summed E-state index contributed by atoms with van der Waals surface area (Å²) < 4.78 is 25.6. The second kappa shape index (κ2) is 6.83. The molecule has 1 rings (SSSR count). The molecule has 0 fully saturated rings. The Morgan fingerprint density at radius 1 is 1.40 bits per heavy atom. The van der Waals surface area contributed by atoms with Gasteiger partial charge in [-0.1, -0.05) is 26.3 Å². The third-order valence-electron chi connectivity index (χ3n) is 3.24. The molecular formula is C13H21N3O3S. The van der Waals surface area contributed by atoms with Crippen LogP contribution >= 0.6 is 0 Å². The number of rotatable bonds is 6. The van der Waals surface area contributed by atoms with Crippen molar-refractivity contribution in [1.82, 2.24) is 4.72 Å². The highest BCUT2D eigenvalue weighted by Gasteiger charge is 2.20. The molecule has 1 amide bonds. The first-order valence-electron chi connectivity index (χ1n) is 6.42. The van der Waals surface area contributed by atoms with E-state index in [0.717, 1.165) is 6.42 Å². The summed E-state index contributed by atoms with van der Waals surface area (Å²) in [6.45, 7) is 3.85. The lowest BCUT2D eigenvalue weighted by molar-refractivity contribution is -0.118. The van der Waals surface area contributed by atoms with E-state index in [2.05, 4.69) is 10.0 Å². The van der Waals surface area contributed by atoms with Gasteiger partial charge in [-0.05, 0) is 31.2 Å². The summed E-state index contributed by atoms with van der Waals surface area (Å²) in [6.07, 6.45) is 0.794. The fourth-order valence-corrected chi connectivity index (χ4v) is 2.37. The van der Waals surface area contributed by atoms with Crippen molar-refractivity contribution in [3.05, 3.63) is 24.3 Å². The summed E-state index contributed by atoms with van der Waals surface area (Å²) in [4.78, 5) is 12.0. The summed E-state index contributed by atoms with van der Waals surface area (Å²) >= 11 is 0. The van der Waals surface area contributed by atoms with E-state index < -0.39 is 16.1 Å². The van der Waals surface area contributed by atoms with Crippen LogP contribution in [-0.4, -0.2) is 27.4 Å². The van der Waals surface area contributed by atoms with Gasteiger partial charge in [-0.25, -0.2) is 13.1 Å². The average Bonchev–Trinajstić information content (AvgIpc) is 2.45. The SMILES string of the molecule is CCC(C)[C@H](N)C(=O)Nc1cccc(S(=O)(=O)NC)c1. The van der Waals surface area contributed by atoms with Gasteiger partial charge in [0, 0.05) is 5.69 Å². The molecule has 0 saturated carbocycles. The van der Waals surface area contributed by atoms with Crippen molar-refractivity contribution in [2.24, 2.45) is 11.7 Å². The molecule has 20 heavy (non-hydrogen) atoms. The number of amides is 1. The lowest BCUT2D eigenvalue weighted by Gasteiger charge is -2.18. The lowest BCUT2D eigenvalue weighted by atomic mass is 9.99. The molecule has 0 saturated heterocycles. The summed E-state index contributed by atoms with van der Waals surface area (Å²) in [5.41, 5.74) is 6.23. The van der Waals surface area contributed by atoms with Crippen molar-refractivity contribution in [3.8, 4) is 0 Å². The predicted octanol–water partition coefficient (Wildman–Crippen LogP) is 0.907. The van der Waals surface area contributed by atoms with Gasteiger partial charge in [-0.3, -0.25) is 4.79 Å². The highest BCUT2D eigenvalue weighted by atomic mass is 32.2. The molecule has 0 aromatic heterocycles. The molecular weight excluding hydrogens is 278 g/mol. The lowest BCUT2D eigenvalue weighted by Crippen LogP contribution is -2.40. The first-order chi connectivity index (χ1) is 9.31. The number of carbonyl (C=O) groups excluding carboxylic acids is 1. The summed E-state index contributed by atoms with van der Waals surface area (Å²) in [6, 6.07) is 5.41. The Balaban J connectivity index is 2.90. The van der Waals surface area contributed by atoms with Crippen molar-refractivity contribution in [1.29, 1.82) is 0 Å². The Bertz CT molecular complexity index is 572. The van der Waals surface area contributed by atoms with Crippen LogP contribution in [0, 0.1) is 5.92 Å². The number of benzene rings is 1. The van der Waals surface area contributed by atoms with E-state index in [-0.39, 0.29) is 16.7 Å². The van der Waals surface area contributed by atoms with Gasteiger partial charge in [0.15, 0.2) is 0 Å². The zero-order chi connectivity index (χ0) is 15.3.